The van der Waals surface area contributed by atoms with Crippen molar-refractivity contribution < 1.29 is 9.53 Å². The molecule has 98 valence electrons. The van der Waals surface area contributed by atoms with Gasteiger partial charge >= 0.3 is 6.09 Å². The zero-order chi connectivity index (χ0) is 13.7. The number of nitrogens with zero attached hydrogens (tertiary/aromatic N) is 2. The van der Waals surface area contributed by atoms with E-state index in [1.54, 1.807) is 12.1 Å². The van der Waals surface area contributed by atoms with E-state index >= 15 is 0 Å². The van der Waals surface area contributed by atoms with Gasteiger partial charge in [0.25, 0.3) is 0 Å². The molecular weight excluding hydrogens is 244 g/mol. The van der Waals surface area contributed by atoms with Crippen molar-refractivity contribution in [1.82, 2.24) is 10.2 Å². The monoisotopic (exact) mass is 258 g/mol. The highest BCUT2D eigenvalue weighted by Crippen LogP contribution is 2.18. The first kappa shape index (κ1) is 12.8. The summed E-state index contributed by atoms with van der Waals surface area (Å²) in [4.78, 5) is 11.0. The molecule has 0 aliphatic rings. The Morgan fingerprint density at radius 1 is 1.11 bits per heavy atom. The number of hydrogen-bond donors (Lipinski definition) is 2. The number of methoxy groups -OCH3 is 1. The number of nitrogens with one attached hydrogen (secondary N) is 2. The van der Waals surface area contributed by atoms with E-state index in [2.05, 4.69) is 25.6 Å². The maximum absolute atomic E-state index is 11.0. The number of amides is 1. The smallest absolute Gasteiger partial charge is 0.412 e. The molecule has 6 nitrogen and oxygen atoms in total. The molecule has 6 heteroatoms. The molecule has 0 unspecified atom stereocenters. The summed E-state index contributed by atoms with van der Waals surface area (Å²) in [5, 5.41) is 13.4. The van der Waals surface area contributed by atoms with Crippen LogP contribution in [0.3, 0.4) is 0 Å². The molecule has 2 N–H and O–H groups in total. The lowest BCUT2D eigenvalue weighted by molar-refractivity contribution is 0.187. The van der Waals surface area contributed by atoms with E-state index in [0.29, 0.717) is 11.6 Å². The first-order valence-corrected chi connectivity index (χ1v) is 5.70. The van der Waals surface area contributed by atoms with Crippen LogP contribution in [0.1, 0.15) is 5.56 Å². The van der Waals surface area contributed by atoms with Crippen molar-refractivity contribution in [3.8, 4) is 0 Å². The normalized spacial score (nSPS) is 9.79. The molecule has 1 aromatic carbocycles. The maximum atomic E-state index is 11.0. The van der Waals surface area contributed by atoms with Gasteiger partial charge in [0.2, 0.25) is 0 Å². The van der Waals surface area contributed by atoms with Crippen LogP contribution in [-0.4, -0.2) is 23.4 Å². The van der Waals surface area contributed by atoms with Gasteiger partial charge in [-0.15, -0.1) is 10.2 Å². The van der Waals surface area contributed by atoms with Crippen molar-refractivity contribution >= 4 is 23.4 Å². The molecule has 0 spiro atoms. The zero-order valence-electron chi connectivity index (χ0n) is 10.7. The van der Waals surface area contributed by atoms with Gasteiger partial charge in [-0.2, -0.15) is 0 Å². The molecule has 0 fully saturated rings. The van der Waals surface area contributed by atoms with Crippen molar-refractivity contribution in [3.63, 3.8) is 0 Å². The Hall–Kier alpha value is -2.63. The van der Waals surface area contributed by atoms with E-state index in [1.165, 1.54) is 7.11 Å². The van der Waals surface area contributed by atoms with Gasteiger partial charge in [0.05, 0.1) is 7.11 Å². The molecule has 1 aromatic heterocycles. The minimum atomic E-state index is -0.575. The highest BCUT2D eigenvalue weighted by molar-refractivity contribution is 5.83. The van der Waals surface area contributed by atoms with Crippen LogP contribution in [0, 0.1) is 6.92 Å². The summed E-state index contributed by atoms with van der Waals surface area (Å²) in [6.45, 7) is 2.00. The molecule has 19 heavy (non-hydrogen) atoms. The van der Waals surface area contributed by atoms with E-state index in [4.69, 9.17) is 0 Å². The Kier molecular flexibility index (Phi) is 3.92. The number of hydrogen-bond acceptors (Lipinski definition) is 5. The molecule has 1 amide bonds. The number of para-hydroxylation sites is 1. The number of carbonyl (C=O) groups is 1. The summed E-state index contributed by atoms with van der Waals surface area (Å²) in [5.74, 6) is 0.937. The van der Waals surface area contributed by atoms with E-state index in [-0.39, 0.29) is 0 Å². The lowest BCUT2D eigenvalue weighted by atomic mass is 10.2. The standard InChI is InChI=1S/C13H14N4O2/c1-9-5-3-4-6-10(9)14-11-7-8-12(17-16-11)15-13(18)19-2/h3-8H,1-2H3,(H,14,16)(H,15,17,18). The van der Waals surface area contributed by atoms with Gasteiger partial charge < -0.3 is 10.1 Å². The number of rotatable bonds is 3. The van der Waals surface area contributed by atoms with E-state index in [0.717, 1.165) is 11.3 Å². The van der Waals surface area contributed by atoms with Gasteiger partial charge in [-0.1, -0.05) is 18.2 Å². The first-order valence-electron chi connectivity index (χ1n) is 5.70. The van der Waals surface area contributed by atoms with Crippen LogP contribution in [0.5, 0.6) is 0 Å². The summed E-state index contributed by atoms with van der Waals surface area (Å²) in [5.41, 5.74) is 2.08. The summed E-state index contributed by atoms with van der Waals surface area (Å²) in [6.07, 6.45) is -0.575. The second kappa shape index (κ2) is 5.81. The van der Waals surface area contributed by atoms with Crippen LogP contribution in [0.4, 0.5) is 22.1 Å². The van der Waals surface area contributed by atoms with E-state index < -0.39 is 6.09 Å². The quantitative estimate of drug-likeness (QED) is 0.885. The van der Waals surface area contributed by atoms with Crippen molar-refractivity contribution in [3.05, 3.63) is 42.0 Å². The molecule has 0 aliphatic carbocycles. The van der Waals surface area contributed by atoms with Gasteiger partial charge in [0, 0.05) is 5.69 Å². The molecular formula is C13H14N4O2. The number of benzene rings is 1. The molecule has 0 bridgehead atoms. The third kappa shape index (κ3) is 3.41. The van der Waals surface area contributed by atoms with Crippen LogP contribution < -0.4 is 10.6 Å². The summed E-state index contributed by atoms with van der Waals surface area (Å²) < 4.78 is 4.46. The molecule has 0 aliphatic heterocycles. The summed E-state index contributed by atoms with van der Waals surface area (Å²) >= 11 is 0. The topological polar surface area (TPSA) is 76.1 Å². The first-order chi connectivity index (χ1) is 9.19. The third-order valence-corrected chi connectivity index (χ3v) is 2.49. The number of carbonyl (C=O) groups excluding carboxylic acids is 1. The second-order valence-electron chi connectivity index (χ2n) is 3.86. The van der Waals surface area contributed by atoms with E-state index in [9.17, 15) is 4.79 Å². The van der Waals surface area contributed by atoms with Crippen molar-refractivity contribution in [2.24, 2.45) is 0 Å². The van der Waals surface area contributed by atoms with Crippen LogP contribution in [0.2, 0.25) is 0 Å². The maximum Gasteiger partial charge on any atom is 0.412 e. The fourth-order valence-corrected chi connectivity index (χ4v) is 1.47. The average molecular weight is 258 g/mol. The van der Waals surface area contributed by atoms with Gasteiger partial charge in [-0.3, -0.25) is 5.32 Å². The lowest BCUT2D eigenvalue weighted by Gasteiger charge is -2.08. The Labute approximate surface area is 110 Å². The predicted octanol–water partition coefficient (Wildman–Crippen LogP) is 2.71. The highest BCUT2D eigenvalue weighted by atomic mass is 16.5. The fourth-order valence-electron chi connectivity index (χ4n) is 1.47. The molecule has 2 rings (SSSR count). The minimum absolute atomic E-state index is 0.335. The molecule has 0 saturated heterocycles. The molecule has 0 saturated carbocycles. The summed E-state index contributed by atoms with van der Waals surface area (Å²) in [7, 11) is 1.29. The Morgan fingerprint density at radius 2 is 1.79 bits per heavy atom. The van der Waals surface area contributed by atoms with E-state index in [1.807, 2.05) is 31.2 Å². The summed E-state index contributed by atoms with van der Waals surface area (Å²) in [6, 6.07) is 11.2. The Morgan fingerprint density at radius 3 is 2.42 bits per heavy atom. The fraction of sp³-hybridized carbons (Fsp3) is 0.154. The molecule has 0 atom stereocenters. The Bertz CT molecular complexity index is 569. The highest BCUT2D eigenvalue weighted by Gasteiger charge is 2.03. The minimum Gasteiger partial charge on any atom is -0.453 e. The lowest BCUT2D eigenvalue weighted by Crippen LogP contribution is -2.12. The number of aromatic nitrogens is 2. The number of ether oxygens (including phenoxy) is 1. The van der Waals surface area contributed by atoms with Crippen LogP contribution in [0.15, 0.2) is 36.4 Å². The second-order valence-corrected chi connectivity index (χ2v) is 3.86. The largest absolute Gasteiger partial charge is 0.453 e. The van der Waals surface area contributed by atoms with Crippen molar-refractivity contribution in [2.45, 2.75) is 6.92 Å². The molecule has 2 aromatic rings. The molecule has 0 radical (unpaired) electrons. The van der Waals surface area contributed by atoms with Gasteiger partial charge in [0.1, 0.15) is 0 Å². The average Bonchev–Trinajstić information content (AvgIpc) is 2.43. The van der Waals surface area contributed by atoms with Gasteiger partial charge in [-0.05, 0) is 30.7 Å². The third-order valence-electron chi connectivity index (χ3n) is 2.49. The zero-order valence-corrected chi connectivity index (χ0v) is 10.7. The molecule has 1 heterocycles. The van der Waals surface area contributed by atoms with Gasteiger partial charge in [-0.25, -0.2) is 4.79 Å². The SMILES string of the molecule is COC(=O)Nc1ccc(Nc2ccccc2C)nn1. The van der Waals surface area contributed by atoms with Crippen molar-refractivity contribution in [2.75, 3.05) is 17.7 Å². The van der Waals surface area contributed by atoms with Crippen LogP contribution in [0.25, 0.3) is 0 Å². The van der Waals surface area contributed by atoms with Crippen molar-refractivity contribution in [1.29, 1.82) is 0 Å². The van der Waals surface area contributed by atoms with Crippen LogP contribution in [-0.2, 0) is 4.74 Å². The number of aryl methyl sites for hydroxylation is 1. The van der Waals surface area contributed by atoms with Crippen LogP contribution >= 0.6 is 0 Å². The van der Waals surface area contributed by atoms with Gasteiger partial charge in [0.15, 0.2) is 11.6 Å². The predicted molar refractivity (Wildman–Crippen MR) is 72.5 cm³/mol. The number of anilines is 3. The Balaban J connectivity index is 2.07.